The Bertz CT molecular complexity index is 516. The predicted molar refractivity (Wildman–Crippen MR) is 66.9 cm³/mol. The van der Waals surface area contributed by atoms with Gasteiger partial charge in [-0.05, 0) is 16.5 Å². The summed E-state index contributed by atoms with van der Waals surface area (Å²) >= 11 is 0. The first-order valence-corrected chi connectivity index (χ1v) is 5.99. The van der Waals surface area contributed by atoms with Crippen molar-refractivity contribution in [2.75, 3.05) is 20.3 Å². The Morgan fingerprint density at radius 3 is 3.00 bits per heavy atom. The van der Waals surface area contributed by atoms with Gasteiger partial charge in [-0.25, -0.2) is 9.07 Å². The number of methoxy groups -OCH3 is 1. The number of aromatic nitrogens is 4. The summed E-state index contributed by atoms with van der Waals surface area (Å²) in [7, 11) is 1.64. The molecule has 6 nitrogen and oxygen atoms in total. The van der Waals surface area contributed by atoms with Gasteiger partial charge in [0, 0.05) is 19.2 Å². The Morgan fingerprint density at radius 1 is 1.37 bits per heavy atom. The Hall–Kier alpha value is -1.86. The van der Waals surface area contributed by atoms with Crippen LogP contribution < -0.4 is 5.32 Å². The van der Waals surface area contributed by atoms with Gasteiger partial charge in [0.05, 0.1) is 19.7 Å². The number of benzene rings is 1. The van der Waals surface area contributed by atoms with Crippen molar-refractivity contribution in [1.29, 1.82) is 0 Å². The molecule has 0 fully saturated rings. The third kappa shape index (κ3) is 3.80. The van der Waals surface area contributed by atoms with Gasteiger partial charge in [-0.3, -0.25) is 0 Å². The fraction of sp³-hybridized carbons (Fsp3) is 0.417. The first kappa shape index (κ1) is 13.6. The summed E-state index contributed by atoms with van der Waals surface area (Å²) in [6, 6.07) is 6.60. The maximum atomic E-state index is 13.6. The topological polar surface area (TPSA) is 64.9 Å². The minimum Gasteiger partial charge on any atom is -0.383 e. The van der Waals surface area contributed by atoms with Crippen LogP contribution in [0, 0.1) is 5.82 Å². The van der Waals surface area contributed by atoms with Gasteiger partial charge in [0.2, 0.25) is 0 Å². The fourth-order valence-corrected chi connectivity index (χ4v) is 1.64. The maximum absolute atomic E-state index is 13.6. The van der Waals surface area contributed by atoms with Gasteiger partial charge in [-0.2, -0.15) is 0 Å². The number of nitrogens with zero attached hydrogens (tertiary/aromatic N) is 4. The largest absolute Gasteiger partial charge is 0.383 e. The number of nitrogens with one attached hydrogen (secondary N) is 1. The van der Waals surface area contributed by atoms with Gasteiger partial charge in [0.1, 0.15) is 5.82 Å². The maximum Gasteiger partial charge on any atom is 0.165 e. The van der Waals surface area contributed by atoms with Crippen molar-refractivity contribution in [3.63, 3.8) is 0 Å². The lowest BCUT2D eigenvalue weighted by Crippen LogP contribution is -2.21. The van der Waals surface area contributed by atoms with Crippen LogP contribution in [0.4, 0.5) is 4.39 Å². The molecule has 0 aliphatic carbocycles. The van der Waals surface area contributed by atoms with Gasteiger partial charge in [0.25, 0.3) is 0 Å². The standard InChI is InChI=1S/C12H16FN5O/c1-19-7-6-14-8-12-15-16-17-18(12)9-10-4-2-3-5-11(10)13/h2-5,14H,6-9H2,1H3. The highest BCUT2D eigenvalue weighted by atomic mass is 19.1. The molecule has 0 amide bonds. The molecule has 0 spiro atoms. The average molecular weight is 265 g/mol. The van der Waals surface area contributed by atoms with Crippen LogP contribution >= 0.6 is 0 Å². The van der Waals surface area contributed by atoms with Crippen molar-refractivity contribution in [3.05, 3.63) is 41.5 Å². The lowest BCUT2D eigenvalue weighted by molar-refractivity contribution is 0.198. The number of tetrazole rings is 1. The van der Waals surface area contributed by atoms with E-state index in [4.69, 9.17) is 4.74 Å². The van der Waals surface area contributed by atoms with Gasteiger partial charge in [-0.1, -0.05) is 18.2 Å². The second-order valence-electron chi connectivity index (χ2n) is 4.01. The fourth-order valence-electron chi connectivity index (χ4n) is 1.64. The molecule has 7 heteroatoms. The molecule has 0 unspecified atom stereocenters. The molecule has 0 aliphatic rings. The molecule has 2 rings (SSSR count). The quantitative estimate of drug-likeness (QED) is 0.743. The van der Waals surface area contributed by atoms with E-state index in [-0.39, 0.29) is 5.82 Å². The molecule has 1 aromatic carbocycles. The molecule has 1 heterocycles. The molecule has 1 N–H and O–H groups in total. The van der Waals surface area contributed by atoms with Crippen molar-refractivity contribution in [1.82, 2.24) is 25.5 Å². The summed E-state index contributed by atoms with van der Waals surface area (Å²) in [6.45, 7) is 2.17. The molecule has 0 aliphatic heterocycles. The van der Waals surface area contributed by atoms with Gasteiger partial charge >= 0.3 is 0 Å². The number of hydrogen-bond acceptors (Lipinski definition) is 5. The molecule has 1 aromatic heterocycles. The van der Waals surface area contributed by atoms with Gasteiger partial charge < -0.3 is 10.1 Å². The molecule has 0 radical (unpaired) electrons. The SMILES string of the molecule is COCCNCc1nnnn1Cc1ccccc1F. The summed E-state index contributed by atoms with van der Waals surface area (Å²) in [5.41, 5.74) is 0.563. The van der Waals surface area contributed by atoms with Crippen LogP contribution in [0.1, 0.15) is 11.4 Å². The Balaban J connectivity index is 1.98. The van der Waals surface area contributed by atoms with E-state index < -0.39 is 0 Å². The van der Waals surface area contributed by atoms with Crippen molar-refractivity contribution in [2.45, 2.75) is 13.1 Å². The highest BCUT2D eigenvalue weighted by Gasteiger charge is 2.08. The first-order valence-electron chi connectivity index (χ1n) is 5.99. The van der Waals surface area contributed by atoms with E-state index in [1.54, 1.807) is 30.0 Å². The van der Waals surface area contributed by atoms with Crippen LogP contribution in [0.2, 0.25) is 0 Å². The summed E-state index contributed by atoms with van der Waals surface area (Å²) < 4.78 is 20.1. The van der Waals surface area contributed by atoms with E-state index in [0.29, 0.717) is 37.6 Å². The molecule has 2 aromatic rings. The number of rotatable bonds is 7. The lowest BCUT2D eigenvalue weighted by atomic mass is 10.2. The molecular formula is C12H16FN5O. The lowest BCUT2D eigenvalue weighted by Gasteiger charge is -2.06. The summed E-state index contributed by atoms with van der Waals surface area (Å²) in [4.78, 5) is 0. The average Bonchev–Trinajstić information content (AvgIpc) is 2.85. The van der Waals surface area contributed by atoms with Crippen molar-refractivity contribution in [2.24, 2.45) is 0 Å². The number of ether oxygens (including phenoxy) is 1. The van der Waals surface area contributed by atoms with Crippen molar-refractivity contribution < 1.29 is 9.13 Å². The molecule has 0 saturated heterocycles. The zero-order chi connectivity index (χ0) is 13.5. The van der Waals surface area contributed by atoms with Gasteiger partial charge in [0.15, 0.2) is 5.82 Å². The third-order valence-electron chi connectivity index (χ3n) is 2.65. The molecule has 0 atom stereocenters. The normalized spacial score (nSPS) is 10.8. The molecule has 0 saturated carbocycles. The summed E-state index contributed by atoms with van der Waals surface area (Å²) in [5.74, 6) is 0.413. The Kier molecular flexibility index (Phi) is 4.93. The smallest absolute Gasteiger partial charge is 0.165 e. The summed E-state index contributed by atoms with van der Waals surface area (Å²) in [5, 5.41) is 14.5. The second kappa shape index (κ2) is 6.91. The van der Waals surface area contributed by atoms with Gasteiger partial charge in [-0.15, -0.1) is 5.10 Å². The summed E-state index contributed by atoms with van der Waals surface area (Å²) in [6.07, 6.45) is 0. The molecule has 19 heavy (non-hydrogen) atoms. The Labute approximate surface area is 110 Å². The molecule has 0 bridgehead atoms. The minimum absolute atomic E-state index is 0.253. The van der Waals surface area contributed by atoms with Crippen molar-refractivity contribution in [3.8, 4) is 0 Å². The van der Waals surface area contributed by atoms with E-state index in [9.17, 15) is 4.39 Å². The van der Waals surface area contributed by atoms with Crippen molar-refractivity contribution >= 4 is 0 Å². The zero-order valence-corrected chi connectivity index (χ0v) is 10.7. The van der Waals surface area contributed by atoms with Crippen LogP contribution in [0.3, 0.4) is 0 Å². The van der Waals surface area contributed by atoms with E-state index in [1.165, 1.54) is 6.07 Å². The van der Waals surface area contributed by atoms with E-state index in [2.05, 4.69) is 20.8 Å². The number of halogens is 1. The first-order chi connectivity index (χ1) is 9.31. The highest BCUT2D eigenvalue weighted by Crippen LogP contribution is 2.08. The second-order valence-corrected chi connectivity index (χ2v) is 4.01. The minimum atomic E-state index is -0.253. The third-order valence-corrected chi connectivity index (χ3v) is 2.65. The monoisotopic (exact) mass is 265 g/mol. The van der Waals surface area contributed by atoms with E-state index in [1.807, 2.05) is 0 Å². The van der Waals surface area contributed by atoms with Crippen LogP contribution in [0.5, 0.6) is 0 Å². The Morgan fingerprint density at radius 2 is 2.21 bits per heavy atom. The molecular weight excluding hydrogens is 249 g/mol. The van der Waals surface area contributed by atoms with E-state index in [0.717, 1.165) is 0 Å². The van der Waals surface area contributed by atoms with E-state index >= 15 is 0 Å². The highest BCUT2D eigenvalue weighted by molar-refractivity contribution is 5.17. The molecule has 102 valence electrons. The van der Waals surface area contributed by atoms with Crippen LogP contribution in [-0.4, -0.2) is 40.5 Å². The van der Waals surface area contributed by atoms with Crippen LogP contribution in [0.15, 0.2) is 24.3 Å². The zero-order valence-electron chi connectivity index (χ0n) is 10.7. The predicted octanol–water partition coefficient (Wildman–Crippen LogP) is 0.597. The number of hydrogen-bond donors (Lipinski definition) is 1. The van der Waals surface area contributed by atoms with Crippen LogP contribution in [0.25, 0.3) is 0 Å². The van der Waals surface area contributed by atoms with Crippen LogP contribution in [-0.2, 0) is 17.8 Å².